The van der Waals surface area contributed by atoms with Crippen molar-refractivity contribution in [3.05, 3.63) is 0 Å². The van der Waals surface area contributed by atoms with Crippen LogP contribution in [0.5, 0.6) is 0 Å². The van der Waals surface area contributed by atoms with Gasteiger partial charge in [0.1, 0.15) is 36.3 Å². The number of aliphatic carboxylic acids is 1. The Kier molecular flexibility index (Phi) is 15.1. The molecule has 46 heavy (non-hydrogen) atoms. The molecule has 0 radical (unpaired) electrons. The monoisotopic (exact) mass is 674 g/mol. The van der Waals surface area contributed by atoms with Crippen molar-refractivity contribution in [2.45, 2.75) is 68.9 Å². The number of carboxylic acid groups (broad SMARTS) is 1. The van der Waals surface area contributed by atoms with Gasteiger partial charge in [0.2, 0.25) is 41.4 Å². The van der Waals surface area contributed by atoms with Crippen LogP contribution in [0, 0.1) is 0 Å². The Morgan fingerprint density at radius 3 is 1.83 bits per heavy atom. The Morgan fingerprint density at radius 1 is 0.804 bits per heavy atom. The quantitative estimate of drug-likeness (QED) is 0.0685. The maximum absolute atomic E-state index is 13.1. The Bertz CT molecular complexity index is 1170. The molecule has 0 bridgehead atoms. The van der Waals surface area contributed by atoms with E-state index in [1.807, 2.05) is 0 Å². The number of carbonyl (C=O) groups excluding carboxylic acids is 7. The van der Waals surface area contributed by atoms with E-state index in [0.717, 1.165) is 0 Å². The van der Waals surface area contributed by atoms with Crippen LogP contribution >= 0.6 is 12.6 Å². The van der Waals surface area contributed by atoms with Gasteiger partial charge in [-0.05, 0) is 32.6 Å². The zero-order chi connectivity index (χ0) is 34.6. The molecule has 19 nitrogen and oxygen atoms in total. The van der Waals surface area contributed by atoms with Crippen molar-refractivity contribution in [2.75, 3.05) is 45.1 Å². The molecule has 2 aliphatic heterocycles. The van der Waals surface area contributed by atoms with Gasteiger partial charge in [0.25, 0.3) is 0 Å². The van der Waals surface area contributed by atoms with E-state index >= 15 is 0 Å². The molecule has 2 saturated heterocycles. The number of aliphatic hydroxyl groups is 2. The van der Waals surface area contributed by atoms with Crippen LogP contribution in [-0.4, -0.2) is 154 Å². The average Bonchev–Trinajstić information content (AvgIpc) is 3.73. The number of hydrogen-bond acceptors (Lipinski definition) is 12. The number of amides is 7. The third kappa shape index (κ3) is 10.3. The summed E-state index contributed by atoms with van der Waals surface area (Å²) in [5.41, 5.74) is 5.38. The number of carbonyl (C=O) groups is 8. The fraction of sp³-hybridized carbons (Fsp3) is 0.692. The zero-order valence-electron chi connectivity index (χ0n) is 25.3. The van der Waals surface area contributed by atoms with Gasteiger partial charge in [-0.1, -0.05) is 0 Å². The van der Waals surface area contributed by atoms with Crippen LogP contribution in [0.15, 0.2) is 0 Å². The van der Waals surface area contributed by atoms with Crippen LogP contribution in [0.1, 0.15) is 32.6 Å². The predicted octanol–water partition coefficient (Wildman–Crippen LogP) is -6.00. The maximum atomic E-state index is 13.1. The van der Waals surface area contributed by atoms with Gasteiger partial charge in [0, 0.05) is 18.8 Å². The molecule has 0 saturated carbocycles. The van der Waals surface area contributed by atoms with Crippen molar-refractivity contribution in [1.29, 1.82) is 0 Å². The molecule has 7 amide bonds. The van der Waals surface area contributed by atoms with E-state index in [9.17, 15) is 48.6 Å². The lowest BCUT2D eigenvalue weighted by atomic mass is 10.1. The highest BCUT2D eigenvalue weighted by atomic mass is 32.1. The summed E-state index contributed by atoms with van der Waals surface area (Å²) in [5.74, 6) is -6.73. The van der Waals surface area contributed by atoms with Crippen LogP contribution < -0.4 is 32.3 Å². The van der Waals surface area contributed by atoms with Gasteiger partial charge in [0.15, 0.2) is 0 Å². The first-order chi connectivity index (χ1) is 21.8. The second-order valence-electron chi connectivity index (χ2n) is 10.7. The molecular formula is C26H42N8O11S. The maximum Gasteiger partial charge on any atom is 0.327 e. The van der Waals surface area contributed by atoms with E-state index in [1.54, 1.807) is 0 Å². The molecule has 0 aromatic heterocycles. The number of thiol groups is 1. The standard InChI is InChI=1S/C26H42N8O11S/c1-13(25(43)34-7-3-5-18(34)24(42)31-15(11-36)22(40)32-16(12-46)26(44)45)29-19(37)9-28-21(39)14(10-35)30-23(41)17-4-2-6-33(17)20(38)8-27/h13-18,35-36,46H,2-12,27H2,1H3,(H,28,39)(H,29,37)(H,30,41)(H,31,42)(H,32,40)(H,44,45)/t13-,14-,15-,16-,17-,18-/m0/s1. The number of carboxylic acids is 1. The lowest BCUT2D eigenvalue weighted by molar-refractivity contribution is -0.143. The molecule has 2 fully saturated rings. The second-order valence-corrected chi connectivity index (χ2v) is 11.1. The minimum Gasteiger partial charge on any atom is -0.480 e. The van der Waals surface area contributed by atoms with Crippen molar-refractivity contribution in [2.24, 2.45) is 5.73 Å². The molecule has 0 unspecified atom stereocenters. The Labute approximate surface area is 269 Å². The van der Waals surface area contributed by atoms with Crippen LogP contribution in [0.3, 0.4) is 0 Å². The first-order valence-electron chi connectivity index (χ1n) is 14.6. The highest BCUT2D eigenvalue weighted by molar-refractivity contribution is 7.80. The van der Waals surface area contributed by atoms with Crippen molar-refractivity contribution >= 4 is 59.9 Å². The number of hydrogen-bond donors (Lipinski definition) is 10. The summed E-state index contributed by atoms with van der Waals surface area (Å²) in [4.78, 5) is 102. The largest absolute Gasteiger partial charge is 0.480 e. The third-order valence-corrected chi connectivity index (χ3v) is 7.85. The van der Waals surface area contributed by atoms with E-state index in [1.165, 1.54) is 16.7 Å². The summed E-state index contributed by atoms with van der Waals surface area (Å²) < 4.78 is 0. The summed E-state index contributed by atoms with van der Waals surface area (Å²) in [6.45, 7) is -0.707. The van der Waals surface area contributed by atoms with Gasteiger partial charge in [-0.25, -0.2) is 4.79 Å². The summed E-state index contributed by atoms with van der Waals surface area (Å²) in [6, 6.07) is -7.31. The Hall–Kier alpha value is -4.01. The van der Waals surface area contributed by atoms with E-state index in [0.29, 0.717) is 25.8 Å². The third-order valence-electron chi connectivity index (χ3n) is 7.49. The Balaban J connectivity index is 1.89. The first kappa shape index (κ1) is 38.2. The van der Waals surface area contributed by atoms with Crippen molar-refractivity contribution in [1.82, 2.24) is 36.4 Å². The molecule has 2 rings (SSSR count). The number of nitrogens with one attached hydrogen (secondary N) is 5. The van der Waals surface area contributed by atoms with E-state index in [2.05, 4.69) is 39.2 Å². The van der Waals surface area contributed by atoms with Crippen molar-refractivity contribution in [3.63, 3.8) is 0 Å². The highest BCUT2D eigenvalue weighted by Gasteiger charge is 2.38. The average molecular weight is 675 g/mol. The fourth-order valence-corrected chi connectivity index (χ4v) is 5.28. The second kappa shape index (κ2) is 18.2. The molecule has 0 aromatic carbocycles. The number of rotatable bonds is 16. The van der Waals surface area contributed by atoms with Crippen molar-refractivity contribution in [3.8, 4) is 0 Å². The lowest BCUT2D eigenvalue weighted by Gasteiger charge is -2.28. The van der Waals surface area contributed by atoms with Gasteiger partial charge in [-0.3, -0.25) is 33.6 Å². The Morgan fingerprint density at radius 2 is 1.33 bits per heavy atom. The molecule has 258 valence electrons. The molecular weight excluding hydrogens is 632 g/mol. The highest BCUT2D eigenvalue weighted by Crippen LogP contribution is 2.19. The molecule has 10 N–H and O–H groups in total. The summed E-state index contributed by atoms with van der Waals surface area (Å²) in [6.07, 6.45) is 1.55. The molecule has 2 heterocycles. The van der Waals surface area contributed by atoms with Crippen LogP contribution in [0.4, 0.5) is 0 Å². The molecule has 20 heteroatoms. The van der Waals surface area contributed by atoms with Crippen LogP contribution in [-0.2, 0) is 38.4 Å². The molecule has 6 atom stereocenters. The van der Waals surface area contributed by atoms with Crippen molar-refractivity contribution < 1.29 is 53.7 Å². The smallest absolute Gasteiger partial charge is 0.327 e. The molecule has 0 aliphatic carbocycles. The first-order valence-corrected chi connectivity index (χ1v) is 15.3. The molecule has 0 spiro atoms. The minimum atomic E-state index is -1.49. The molecule has 2 aliphatic rings. The van der Waals surface area contributed by atoms with Gasteiger partial charge in [-0.15, -0.1) is 0 Å². The predicted molar refractivity (Wildman–Crippen MR) is 161 cm³/mol. The fourth-order valence-electron chi connectivity index (χ4n) is 5.03. The van der Waals surface area contributed by atoms with Crippen LogP contribution in [0.2, 0.25) is 0 Å². The molecule has 0 aromatic rings. The minimum absolute atomic E-state index is 0.151. The topological polar surface area (TPSA) is 290 Å². The van der Waals surface area contributed by atoms with Gasteiger partial charge in [0.05, 0.1) is 26.3 Å². The number of nitrogens with zero attached hydrogens (tertiary/aromatic N) is 2. The van der Waals surface area contributed by atoms with Crippen LogP contribution in [0.25, 0.3) is 0 Å². The lowest BCUT2D eigenvalue weighted by Crippen LogP contribution is -2.58. The zero-order valence-corrected chi connectivity index (χ0v) is 26.2. The van der Waals surface area contributed by atoms with Gasteiger partial charge in [-0.2, -0.15) is 12.6 Å². The SMILES string of the molecule is C[C@H](NC(=O)CNC(=O)[C@H](CO)NC(=O)[C@@H]1CCCN1C(=O)CN)C(=O)N1CCC[C@H]1C(=O)N[C@@H](CO)C(=O)N[C@@H](CS)C(=O)O. The number of nitrogens with two attached hydrogens (primary N) is 1. The van der Waals surface area contributed by atoms with Gasteiger partial charge >= 0.3 is 5.97 Å². The summed E-state index contributed by atoms with van der Waals surface area (Å²) in [7, 11) is 0. The van der Waals surface area contributed by atoms with Gasteiger partial charge < -0.3 is 57.4 Å². The number of likely N-dealkylation sites (tertiary alicyclic amines) is 2. The van der Waals surface area contributed by atoms with E-state index in [-0.39, 0.29) is 25.3 Å². The normalized spacial score (nSPS) is 20.1. The summed E-state index contributed by atoms with van der Waals surface area (Å²) in [5, 5.41) is 39.8. The number of aliphatic hydroxyl groups excluding tert-OH is 2. The van der Waals surface area contributed by atoms with E-state index in [4.69, 9.17) is 10.8 Å². The van der Waals surface area contributed by atoms with E-state index < -0.39 is 103 Å². The summed E-state index contributed by atoms with van der Waals surface area (Å²) >= 11 is 3.84.